The molecule has 0 atom stereocenters. The standard InChI is InChI=1S/C22H21N3O/c1-26-12-11-25-21-14-17(24)8-10-19(21)18-9-7-16(23)13-20(18)22(25)15-5-3-2-4-6-15/h2-10,13-14,24H,11-12,23H2,1H3/p+1. The van der Waals surface area contributed by atoms with Gasteiger partial charge in [-0.25, -0.2) is 0 Å². The number of rotatable bonds is 4. The highest BCUT2D eigenvalue weighted by molar-refractivity contribution is 6.10. The van der Waals surface area contributed by atoms with Crippen LogP contribution in [-0.4, -0.2) is 13.7 Å². The predicted molar refractivity (Wildman–Crippen MR) is 108 cm³/mol. The van der Waals surface area contributed by atoms with Crippen LogP contribution in [0.3, 0.4) is 0 Å². The number of nitrogen functional groups attached to an aromatic ring is 2. The number of methoxy groups -OCH3 is 1. The van der Waals surface area contributed by atoms with Crippen LogP contribution in [0.1, 0.15) is 0 Å². The maximum Gasteiger partial charge on any atom is 0.221 e. The monoisotopic (exact) mass is 344 g/mol. The summed E-state index contributed by atoms with van der Waals surface area (Å²) in [5, 5.41) is 3.45. The van der Waals surface area contributed by atoms with Gasteiger partial charge in [0.25, 0.3) is 0 Å². The smallest absolute Gasteiger partial charge is 0.221 e. The fourth-order valence-electron chi connectivity index (χ4n) is 3.58. The molecule has 4 rings (SSSR count). The summed E-state index contributed by atoms with van der Waals surface area (Å²) in [6.07, 6.45) is 0. The van der Waals surface area contributed by atoms with Gasteiger partial charge < -0.3 is 16.2 Å². The Morgan fingerprint density at radius 2 is 1.50 bits per heavy atom. The van der Waals surface area contributed by atoms with Gasteiger partial charge in [0.2, 0.25) is 11.2 Å². The van der Waals surface area contributed by atoms with Crippen LogP contribution < -0.4 is 16.0 Å². The lowest BCUT2D eigenvalue weighted by atomic mass is 9.98. The van der Waals surface area contributed by atoms with E-state index in [1.165, 1.54) is 5.39 Å². The van der Waals surface area contributed by atoms with Crippen molar-refractivity contribution in [3.05, 3.63) is 66.7 Å². The minimum absolute atomic E-state index is 0.613. The van der Waals surface area contributed by atoms with Gasteiger partial charge in [0, 0.05) is 35.5 Å². The summed E-state index contributed by atoms with van der Waals surface area (Å²) in [6, 6.07) is 22.5. The Labute approximate surface area is 152 Å². The van der Waals surface area contributed by atoms with Crippen molar-refractivity contribution >= 4 is 33.1 Å². The lowest BCUT2D eigenvalue weighted by Crippen LogP contribution is -2.39. The molecule has 4 nitrogen and oxygen atoms in total. The molecule has 26 heavy (non-hydrogen) atoms. The van der Waals surface area contributed by atoms with Crippen molar-refractivity contribution < 1.29 is 9.30 Å². The van der Waals surface area contributed by atoms with Gasteiger partial charge in [-0.15, -0.1) is 0 Å². The van der Waals surface area contributed by atoms with E-state index in [-0.39, 0.29) is 0 Å². The highest BCUT2D eigenvalue weighted by Gasteiger charge is 2.23. The highest BCUT2D eigenvalue weighted by atomic mass is 16.5. The summed E-state index contributed by atoms with van der Waals surface area (Å²) in [5.74, 6) is 0. The van der Waals surface area contributed by atoms with Crippen LogP contribution in [0.2, 0.25) is 0 Å². The van der Waals surface area contributed by atoms with Gasteiger partial charge in [-0.2, -0.15) is 4.57 Å². The zero-order chi connectivity index (χ0) is 18.1. The van der Waals surface area contributed by atoms with Crippen molar-refractivity contribution in [2.45, 2.75) is 6.54 Å². The second kappa shape index (κ2) is 6.65. The molecule has 0 amide bonds. The Kier molecular flexibility index (Phi) is 4.19. The number of fused-ring (bicyclic) bond motifs is 3. The Bertz CT molecular complexity index is 1090. The molecule has 0 radical (unpaired) electrons. The summed E-state index contributed by atoms with van der Waals surface area (Å²) < 4.78 is 7.66. The van der Waals surface area contributed by atoms with Gasteiger partial charge >= 0.3 is 0 Å². The molecule has 0 saturated carbocycles. The molecule has 4 heteroatoms. The topological polar surface area (TPSA) is 65.1 Å². The first-order valence-electron chi connectivity index (χ1n) is 8.67. The molecule has 130 valence electrons. The molecule has 4 aromatic rings. The number of ether oxygens (including phenoxy) is 1. The van der Waals surface area contributed by atoms with E-state index < -0.39 is 0 Å². The van der Waals surface area contributed by atoms with Gasteiger partial charge in [-0.3, -0.25) is 0 Å². The number of aromatic nitrogens is 1. The van der Waals surface area contributed by atoms with Crippen molar-refractivity contribution in [1.29, 1.82) is 0 Å². The van der Waals surface area contributed by atoms with E-state index in [0.717, 1.165) is 45.5 Å². The molecule has 3 aromatic carbocycles. The van der Waals surface area contributed by atoms with Crippen LogP contribution >= 0.6 is 0 Å². The molecule has 0 aliphatic carbocycles. The SMILES string of the molecule is COCC[n+]1c(-c2ccccc2)c2cc(N)ccc2c2ccc(N)cc21. The van der Waals surface area contributed by atoms with Crippen LogP contribution in [0.4, 0.5) is 11.4 Å². The molecule has 4 N–H and O–H groups in total. The van der Waals surface area contributed by atoms with E-state index in [1.807, 2.05) is 24.3 Å². The zero-order valence-electron chi connectivity index (χ0n) is 14.8. The van der Waals surface area contributed by atoms with Crippen LogP contribution in [0.25, 0.3) is 32.9 Å². The predicted octanol–water partition coefficient (Wildman–Crippen LogP) is 3.76. The minimum atomic E-state index is 0.613. The minimum Gasteiger partial charge on any atom is -0.399 e. The molecule has 1 heterocycles. The van der Waals surface area contributed by atoms with Gasteiger partial charge in [-0.05, 0) is 36.4 Å². The summed E-state index contributed by atoms with van der Waals surface area (Å²) in [7, 11) is 1.72. The molecular formula is C22H22N3O+. The first kappa shape index (κ1) is 16.4. The largest absolute Gasteiger partial charge is 0.399 e. The second-order valence-electron chi connectivity index (χ2n) is 6.44. The van der Waals surface area contributed by atoms with Crippen LogP contribution in [0.5, 0.6) is 0 Å². The summed E-state index contributed by atoms with van der Waals surface area (Å²) in [6.45, 7) is 1.34. The number of hydrogen-bond acceptors (Lipinski definition) is 3. The van der Waals surface area contributed by atoms with E-state index in [4.69, 9.17) is 16.2 Å². The molecule has 0 bridgehead atoms. The third kappa shape index (κ3) is 2.74. The van der Waals surface area contributed by atoms with Gasteiger partial charge in [0.05, 0.1) is 10.8 Å². The first-order valence-corrected chi connectivity index (χ1v) is 8.67. The van der Waals surface area contributed by atoms with Gasteiger partial charge in [0.15, 0.2) is 6.54 Å². The van der Waals surface area contributed by atoms with E-state index in [1.54, 1.807) is 7.11 Å². The Morgan fingerprint density at radius 1 is 0.808 bits per heavy atom. The Balaban J connectivity index is 2.20. The van der Waals surface area contributed by atoms with Crippen LogP contribution in [0.15, 0.2) is 66.7 Å². The molecule has 1 aromatic heterocycles. The number of hydrogen-bond donors (Lipinski definition) is 2. The Morgan fingerprint density at radius 3 is 2.23 bits per heavy atom. The third-order valence-corrected chi connectivity index (χ3v) is 4.74. The van der Waals surface area contributed by atoms with Crippen molar-refractivity contribution in [2.24, 2.45) is 0 Å². The number of benzene rings is 3. The van der Waals surface area contributed by atoms with Crippen molar-refractivity contribution in [3.8, 4) is 11.3 Å². The molecule has 0 saturated heterocycles. The molecule has 0 aliphatic heterocycles. The zero-order valence-corrected chi connectivity index (χ0v) is 14.8. The van der Waals surface area contributed by atoms with E-state index in [9.17, 15) is 0 Å². The Hall–Kier alpha value is -3.11. The lowest BCUT2D eigenvalue weighted by Gasteiger charge is -2.13. The maximum atomic E-state index is 6.14. The normalized spacial score (nSPS) is 11.3. The molecular weight excluding hydrogens is 322 g/mol. The van der Waals surface area contributed by atoms with Crippen LogP contribution in [-0.2, 0) is 11.3 Å². The van der Waals surface area contributed by atoms with Crippen molar-refractivity contribution in [2.75, 3.05) is 25.2 Å². The molecule has 0 aliphatic rings. The average molecular weight is 344 g/mol. The first-order chi connectivity index (χ1) is 12.7. The second-order valence-corrected chi connectivity index (χ2v) is 6.44. The van der Waals surface area contributed by atoms with E-state index in [2.05, 4.69) is 47.0 Å². The number of nitrogens with two attached hydrogens (primary N) is 2. The number of anilines is 2. The summed E-state index contributed by atoms with van der Waals surface area (Å²) in [5.41, 5.74) is 17.1. The van der Waals surface area contributed by atoms with Crippen molar-refractivity contribution in [3.63, 3.8) is 0 Å². The van der Waals surface area contributed by atoms with E-state index >= 15 is 0 Å². The quantitative estimate of drug-likeness (QED) is 0.337. The fourth-order valence-corrected chi connectivity index (χ4v) is 3.58. The van der Waals surface area contributed by atoms with E-state index in [0.29, 0.717) is 6.61 Å². The number of nitrogens with zero attached hydrogens (tertiary/aromatic N) is 1. The maximum absolute atomic E-state index is 6.14. The fraction of sp³-hybridized carbons (Fsp3) is 0.136. The average Bonchev–Trinajstić information content (AvgIpc) is 2.66. The van der Waals surface area contributed by atoms with Crippen LogP contribution in [0, 0.1) is 0 Å². The highest BCUT2D eigenvalue weighted by Crippen LogP contribution is 2.33. The molecule has 0 fully saturated rings. The molecule has 0 unspecified atom stereocenters. The third-order valence-electron chi connectivity index (χ3n) is 4.74. The summed E-state index contributed by atoms with van der Waals surface area (Å²) >= 11 is 0. The lowest BCUT2D eigenvalue weighted by molar-refractivity contribution is -0.661. The summed E-state index contributed by atoms with van der Waals surface area (Å²) in [4.78, 5) is 0. The van der Waals surface area contributed by atoms with Gasteiger partial charge in [-0.1, -0.05) is 24.3 Å². The molecule has 0 spiro atoms. The van der Waals surface area contributed by atoms with Crippen molar-refractivity contribution in [1.82, 2.24) is 0 Å². The van der Waals surface area contributed by atoms with Gasteiger partial charge in [0.1, 0.15) is 6.61 Å². The number of pyridine rings is 1.